The van der Waals surface area contributed by atoms with Crippen LogP contribution in [0.15, 0.2) is 53.9 Å². The number of nitrogens with zero attached hydrogens (tertiary/aromatic N) is 4. The summed E-state index contributed by atoms with van der Waals surface area (Å²) >= 11 is 0. The van der Waals surface area contributed by atoms with E-state index < -0.39 is 0 Å². The normalized spacial score (nSPS) is 11.2. The van der Waals surface area contributed by atoms with E-state index in [0.29, 0.717) is 24.0 Å². The van der Waals surface area contributed by atoms with Gasteiger partial charge in [0, 0.05) is 43.9 Å². The van der Waals surface area contributed by atoms with Crippen molar-refractivity contribution >= 4 is 11.6 Å². The molecule has 3 rings (SSSR count). The fraction of sp³-hybridized carbons (Fsp3) is 0.250. The quantitative estimate of drug-likeness (QED) is 0.505. The number of hydrogen-bond donors (Lipinski definition) is 2. The minimum Gasteiger partial charge on any atom is -0.493 e. The minimum atomic E-state index is 0.586. The van der Waals surface area contributed by atoms with Crippen LogP contribution in [0.3, 0.4) is 0 Å². The zero-order valence-electron chi connectivity index (χ0n) is 16.4. The topological polar surface area (TPSA) is 85.6 Å². The summed E-state index contributed by atoms with van der Waals surface area (Å²) in [5, 5.41) is 6.51. The maximum absolute atomic E-state index is 5.33. The number of guanidine groups is 1. The van der Waals surface area contributed by atoms with Crippen molar-refractivity contribution in [1.29, 1.82) is 0 Å². The predicted molar refractivity (Wildman–Crippen MR) is 109 cm³/mol. The molecular formula is C20H24N6O2. The van der Waals surface area contributed by atoms with Crippen molar-refractivity contribution in [3.05, 3.63) is 60.3 Å². The van der Waals surface area contributed by atoms with Crippen molar-refractivity contribution in [2.75, 3.05) is 26.6 Å². The van der Waals surface area contributed by atoms with Crippen molar-refractivity contribution in [2.45, 2.75) is 13.5 Å². The summed E-state index contributed by atoms with van der Waals surface area (Å²) in [6.07, 6.45) is 5.49. The van der Waals surface area contributed by atoms with Crippen LogP contribution >= 0.6 is 0 Å². The molecule has 0 unspecified atom stereocenters. The van der Waals surface area contributed by atoms with Crippen molar-refractivity contribution < 1.29 is 9.47 Å². The number of ether oxygens (including phenoxy) is 2. The molecule has 2 aromatic heterocycles. The molecule has 2 heterocycles. The number of nitrogens with one attached hydrogen (secondary N) is 2. The van der Waals surface area contributed by atoms with Crippen LogP contribution in [0.25, 0.3) is 5.82 Å². The Labute approximate surface area is 164 Å². The first kappa shape index (κ1) is 19.2. The summed E-state index contributed by atoms with van der Waals surface area (Å²) in [4.78, 5) is 13.0. The summed E-state index contributed by atoms with van der Waals surface area (Å²) in [5.41, 5.74) is 1.88. The smallest absolute Gasteiger partial charge is 0.195 e. The lowest BCUT2D eigenvalue weighted by atomic mass is 10.2. The fourth-order valence-corrected chi connectivity index (χ4v) is 2.70. The van der Waals surface area contributed by atoms with Gasteiger partial charge < -0.3 is 20.1 Å². The third-order valence-electron chi connectivity index (χ3n) is 4.21. The molecule has 1 aromatic carbocycles. The number of aliphatic imine (C=N–C) groups is 1. The molecule has 0 aliphatic heterocycles. The average molecular weight is 380 g/mol. The largest absolute Gasteiger partial charge is 0.493 e. The van der Waals surface area contributed by atoms with Gasteiger partial charge in [-0.05, 0) is 30.7 Å². The van der Waals surface area contributed by atoms with Crippen LogP contribution in [0.4, 0.5) is 5.69 Å². The maximum Gasteiger partial charge on any atom is 0.195 e. The van der Waals surface area contributed by atoms with Gasteiger partial charge in [0.1, 0.15) is 11.6 Å². The molecule has 8 heteroatoms. The first-order chi connectivity index (χ1) is 13.6. The van der Waals surface area contributed by atoms with Crippen LogP contribution in [-0.4, -0.2) is 41.8 Å². The predicted octanol–water partition coefficient (Wildman–Crippen LogP) is 2.78. The van der Waals surface area contributed by atoms with Crippen LogP contribution in [-0.2, 0) is 6.54 Å². The van der Waals surface area contributed by atoms with Crippen molar-refractivity contribution in [2.24, 2.45) is 4.99 Å². The van der Waals surface area contributed by atoms with Crippen LogP contribution < -0.4 is 20.1 Å². The van der Waals surface area contributed by atoms with Crippen LogP contribution in [0.1, 0.15) is 11.4 Å². The van der Waals surface area contributed by atoms with Gasteiger partial charge in [0.25, 0.3) is 0 Å². The van der Waals surface area contributed by atoms with Crippen LogP contribution in [0.5, 0.6) is 11.5 Å². The van der Waals surface area contributed by atoms with Gasteiger partial charge in [-0.3, -0.25) is 9.56 Å². The molecule has 0 saturated carbocycles. The Morgan fingerprint density at radius 3 is 2.54 bits per heavy atom. The maximum atomic E-state index is 5.33. The molecule has 0 radical (unpaired) electrons. The molecule has 0 atom stereocenters. The molecule has 0 aliphatic rings. The molecular weight excluding hydrogens is 356 g/mol. The Balaban J connectivity index is 1.62. The minimum absolute atomic E-state index is 0.586. The second-order valence-corrected chi connectivity index (χ2v) is 5.99. The number of rotatable bonds is 6. The number of pyridine rings is 1. The molecule has 0 saturated heterocycles. The Morgan fingerprint density at radius 1 is 1.11 bits per heavy atom. The molecule has 0 bridgehead atoms. The highest BCUT2D eigenvalue weighted by atomic mass is 16.5. The van der Waals surface area contributed by atoms with E-state index in [2.05, 4.69) is 25.6 Å². The first-order valence-electron chi connectivity index (χ1n) is 8.79. The van der Waals surface area contributed by atoms with Gasteiger partial charge in [0.15, 0.2) is 17.5 Å². The lowest BCUT2D eigenvalue weighted by Gasteiger charge is -2.14. The molecule has 0 amide bonds. The third-order valence-corrected chi connectivity index (χ3v) is 4.21. The highest BCUT2D eigenvalue weighted by molar-refractivity contribution is 5.93. The average Bonchev–Trinajstić information content (AvgIpc) is 3.17. The first-order valence-corrected chi connectivity index (χ1v) is 8.79. The standard InChI is InChI=1S/C20H24N6O2/c1-14-22-9-10-26(14)19-8-5-15(12-23-19)13-24-20(21-2)25-16-6-7-17(27-3)18(11-16)28-4/h5-12H,13H2,1-4H3,(H2,21,24,25). The van der Waals surface area contributed by atoms with E-state index in [4.69, 9.17) is 9.47 Å². The SMILES string of the molecule is CN=C(NCc1ccc(-n2ccnc2C)nc1)Nc1ccc(OC)c(OC)c1. The monoisotopic (exact) mass is 380 g/mol. The van der Waals surface area contributed by atoms with Gasteiger partial charge in [0.05, 0.1) is 14.2 Å². The second-order valence-electron chi connectivity index (χ2n) is 5.99. The molecule has 8 nitrogen and oxygen atoms in total. The Morgan fingerprint density at radius 2 is 1.93 bits per heavy atom. The van der Waals surface area contributed by atoms with Gasteiger partial charge in [-0.2, -0.15) is 0 Å². The van der Waals surface area contributed by atoms with Crippen LogP contribution in [0.2, 0.25) is 0 Å². The van der Waals surface area contributed by atoms with E-state index in [1.807, 2.05) is 54.2 Å². The number of aryl methyl sites for hydroxylation is 1. The molecule has 146 valence electrons. The Kier molecular flexibility index (Phi) is 6.11. The van der Waals surface area contributed by atoms with Gasteiger partial charge in [-0.15, -0.1) is 0 Å². The number of anilines is 1. The second kappa shape index (κ2) is 8.90. The number of benzene rings is 1. The third kappa shape index (κ3) is 4.40. The van der Waals surface area contributed by atoms with Crippen LogP contribution in [0, 0.1) is 6.92 Å². The number of aromatic nitrogens is 3. The lowest BCUT2D eigenvalue weighted by molar-refractivity contribution is 0.355. The summed E-state index contributed by atoms with van der Waals surface area (Å²) in [6, 6.07) is 9.59. The van der Waals surface area contributed by atoms with Gasteiger partial charge >= 0.3 is 0 Å². The van der Waals surface area contributed by atoms with E-state index in [1.165, 1.54) is 0 Å². The zero-order chi connectivity index (χ0) is 19.9. The zero-order valence-corrected chi connectivity index (χ0v) is 16.4. The Bertz CT molecular complexity index is 950. The Hall–Kier alpha value is -3.55. The van der Waals surface area contributed by atoms with Crippen molar-refractivity contribution in [3.63, 3.8) is 0 Å². The number of hydrogen-bond acceptors (Lipinski definition) is 5. The summed E-state index contributed by atoms with van der Waals surface area (Å²) < 4.78 is 12.5. The summed E-state index contributed by atoms with van der Waals surface area (Å²) in [6.45, 7) is 2.53. The molecule has 28 heavy (non-hydrogen) atoms. The molecule has 0 aliphatic carbocycles. The van der Waals surface area contributed by atoms with Gasteiger partial charge in [0.2, 0.25) is 0 Å². The van der Waals surface area contributed by atoms with E-state index in [0.717, 1.165) is 22.9 Å². The fourth-order valence-electron chi connectivity index (χ4n) is 2.70. The van der Waals surface area contributed by atoms with E-state index in [1.54, 1.807) is 27.5 Å². The van der Waals surface area contributed by atoms with E-state index >= 15 is 0 Å². The molecule has 0 fully saturated rings. The van der Waals surface area contributed by atoms with Gasteiger partial charge in [-0.1, -0.05) is 6.07 Å². The molecule has 2 N–H and O–H groups in total. The highest BCUT2D eigenvalue weighted by Crippen LogP contribution is 2.29. The van der Waals surface area contributed by atoms with E-state index in [9.17, 15) is 0 Å². The lowest BCUT2D eigenvalue weighted by Crippen LogP contribution is -2.30. The number of imidazole rings is 1. The van der Waals surface area contributed by atoms with Gasteiger partial charge in [-0.25, -0.2) is 9.97 Å². The van der Waals surface area contributed by atoms with E-state index in [-0.39, 0.29) is 0 Å². The van der Waals surface area contributed by atoms with Crippen molar-refractivity contribution in [1.82, 2.24) is 19.9 Å². The summed E-state index contributed by atoms with van der Waals surface area (Å²) in [7, 11) is 4.94. The molecule has 0 spiro atoms. The molecule has 3 aromatic rings. The summed E-state index contributed by atoms with van der Waals surface area (Å²) in [5.74, 6) is 3.71. The number of methoxy groups -OCH3 is 2. The van der Waals surface area contributed by atoms with Crippen molar-refractivity contribution in [3.8, 4) is 17.3 Å². The highest BCUT2D eigenvalue weighted by Gasteiger charge is 2.07.